The molecular formula is C17H18FNO3S. The summed E-state index contributed by atoms with van der Waals surface area (Å²) in [6.07, 6.45) is 0. The van der Waals surface area contributed by atoms with E-state index < -0.39 is 21.5 Å². The molecule has 4 nitrogen and oxygen atoms in total. The van der Waals surface area contributed by atoms with Gasteiger partial charge in [-0.3, -0.25) is 4.79 Å². The van der Waals surface area contributed by atoms with Crippen LogP contribution < -0.4 is 5.32 Å². The Morgan fingerprint density at radius 1 is 1.09 bits per heavy atom. The van der Waals surface area contributed by atoms with E-state index >= 15 is 0 Å². The average Bonchev–Trinajstić information content (AvgIpc) is 2.48. The first-order valence-corrected chi connectivity index (χ1v) is 8.94. The van der Waals surface area contributed by atoms with Crippen molar-refractivity contribution in [3.8, 4) is 0 Å². The molecule has 0 aliphatic heterocycles. The van der Waals surface area contributed by atoms with E-state index in [0.717, 1.165) is 5.56 Å². The number of aryl methyl sites for hydroxylation is 1. The molecule has 23 heavy (non-hydrogen) atoms. The van der Waals surface area contributed by atoms with Crippen LogP contribution in [0.3, 0.4) is 0 Å². The summed E-state index contributed by atoms with van der Waals surface area (Å²) in [5, 5.41) is 2.53. The quantitative estimate of drug-likeness (QED) is 0.881. The van der Waals surface area contributed by atoms with E-state index in [1.54, 1.807) is 12.1 Å². The maximum Gasteiger partial charge on any atom is 0.235 e. The van der Waals surface area contributed by atoms with E-state index in [-0.39, 0.29) is 18.1 Å². The van der Waals surface area contributed by atoms with Gasteiger partial charge in [-0.2, -0.15) is 0 Å². The maximum absolute atomic E-state index is 12.8. The summed E-state index contributed by atoms with van der Waals surface area (Å²) in [7, 11) is -3.54. The molecule has 0 heterocycles. The Morgan fingerprint density at radius 2 is 1.74 bits per heavy atom. The molecule has 2 rings (SSSR count). The minimum atomic E-state index is -3.54. The van der Waals surface area contributed by atoms with Crippen LogP contribution in [-0.4, -0.2) is 20.1 Å². The summed E-state index contributed by atoms with van der Waals surface area (Å²) in [4.78, 5) is 11.8. The summed E-state index contributed by atoms with van der Waals surface area (Å²) in [5.41, 5.74) is 2.28. The number of hydrogen-bond acceptors (Lipinski definition) is 3. The second-order valence-electron chi connectivity index (χ2n) is 5.36. The number of amides is 1. The SMILES string of the molecule is Cc1ccccc1CS(=O)(=O)CC(=O)NCc1ccc(F)cc1. The minimum absolute atomic E-state index is 0.163. The van der Waals surface area contributed by atoms with Gasteiger partial charge in [-0.05, 0) is 35.7 Å². The molecule has 0 saturated heterocycles. The van der Waals surface area contributed by atoms with Gasteiger partial charge in [-0.15, -0.1) is 0 Å². The Morgan fingerprint density at radius 3 is 2.39 bits per heavy atom. The third-order valence-corrected chi connectivity index (χ3v) is 4.84. The Balaban J connectivity index is 1.91. The molecule has 0 atom stereocenters. The van der Waals surface area contributed by atoms with Crippen molar-refractivity contribution < 1.29 is 17.6 Å². The molecular weight excluding hydrogens is 317 g/mol. The fourth-order valence-electron chi connectivity index (χ4n) is 2.11. The monoisotopic (exact) mass is 335 g/mol. The molecule has 2 aromatic carbocycles. The van der Waals surface area contributed by atoms with Crippen molar-refractivity contribution in [1.82, 2.24) is 5.32 Å². The highest BCUT2D eigenvalue weighted by atomic mass is 32.2. The van der Waals surface area contributed by atoms with Crippen molar-refractivity contribution >= 4 is 15.7 Å². The van der Waals surface area contributed by atoms with Crippen LogP contribution in [0.4, 0.5) is 4.39 Å². The molecule has 122 valence electrons. The van der Waals surface area contributed by atoms with E-state index in [9.17, 15) is 17.6 Å². The molecule has 0 bridgehead atoms. The molecule has 1 N–H and O–H groups in total. The summed E-state index contributed by atoms with van der Waals surface area (Å²) in [5.74, 6) is -1.66. The lowest BCUT2D eigenvalue weighted by atomic mass is 10.1. The van der Waals surface area contributed by atoms with Crippen molar-refractivity contribution in [2.24, 2.45) is 0 Å². The fourth-order valence-corrected chi connectivity index (χ4v) is 3.51. The van der Waals surface area contributed by atoms with Crippen molar-refractivity contribution in [1.29, 1.82) is 0 Å². The Kier molecular flexibility index (Phi) is 5.50. The second-order valence-corrected chi connectivity index (χ2v) is 7.43. The van der Waals surface area contributed by atoms with E-state index in [1.165, 1.54) is 24.3 Å². The first kappa shape index (κ1) is 17.1. The predicted octanol–water partition coefficient (Wildman–Crippen LogP) is 2.37. The van der Waals surface area contributed by atoms with Gasteiger partial charge < -0.3 is 5.32 Å². The van der Waals surface area contributed by atoms with Gasteiger partial charge in [-0.25, -0.2) is 12.8 Å². The molecule has 0 aromatic heterocycles. The van der Waals surface area contributed by atoms with Crippen molar-refractivity contribution in [3.63, 3.8) is 0 Å². The number of nitrogens with one attached hydrogen (secondary N) is 1. The highest BCUT2D eigenvalue weighted by Gasteiger charge is 2.18. The number of benzene rings is 2. The van der Waals surface area contributed by atoms with Crippen LogP contribution in [-0.2, 0) is 26.9 Å². The molecule has 0 unspecified atom stereocenters. The number of sulfone groups is 1. The highest BCUT2D eigenvalue weighted by molar-refractivity contribution is 7.91. The molecule has 6 heteroatoms. The van der Waals surface area contributed by atoms with Gasteiger partial charge in [-0.1, -0.05) is 36.4 Å². The average molecular weight is 335 g/mol. The highest BCUT2D eigenvalue weighted by Crippen LogP contribution is 2.11. The van der Waals surface area contributed by atoms with Crippen LogP contribution in [0.25, 0.3) is 0 Å². The van der Waals surface area contributed by atoms with Crippen LogP contribution in [0.1, 0.15) is 16.7 Å². The number of rotatable bonds is 6. The van der Waals surface area contributed by atoms with Crippen LogP contribution in [0.2, 0.25) is 0 Å². The minimum Gasteiger partial charge on any atom is -0.351 e. The fraction of sp³-hybridized carbons (Fsp3) is 0.235. The maximum atomic E-state index is 12.8. The topological polar surface area (TPSA) is 63.2 Å². The van der Waals surface area contributed by atoms with Gasteiger partial charge in [0.05, 0.1) is 5.75 Å². The number of halogens is 1. The lowest BCUT2D eigenvalue weighted by molar-refractivity contribution is -0.118. The van der Waals surface area contributed by atoms with Crippen LogP contribution in [0.5, 0.6) is 0 Å². The lowest BCUT2D eigenvalue weighted by Gasteiger charge is -2.08. The van der Waals surface area contributed by atoms with Crippen molar-refractivity contribution in [2.75, 3.05) is 5.75 Å². The molecule has 0 fully saturated rings. The zero-order chi connectivity index (χ0) is 16.9. The van der Waals surface area contributed by atoms with E-state index in [4.69, 9.17) is 0 Å². The first-order valence-electron chi connectivity index (χ1n) is 7.12. The third-order valence-electron chi connectivity index (χ3n) is 3.39. The zero-order valence-corrected chi connectivity index (χ0v) is 13.6. The van der Waals surface area contributed by atoms with E-state index in [2.05, 4.69) is 5.32 Å². The summed E-state index contributed by atoms with van der Waals surface area (Å²) in [6.45, 7) is 2.00. The summed E-state index contributed by atoms with van der Waals surface area (Å²) in [6, 6.07) is 12.8. The number of carbonyl (C=O) groups is 1. The lowest BCUT2D eigenvalue weighted by Crippen LogP contribution is -2.30. The smallest absolute Gasteiger partial charge is 0.235 e. The molecule has 0 saturated carbocycles. The van der Waals surface area contributed by atoms with Gasteiger partial charge in [0, 0.05) is 6.54 Å². The molecule has 0 radical (unpaired) electrons. The molecule has 1 amide bonds. The largest absolute Gasteiger partial charge is 0.351 e. The van der Waals surface area contributed by atoms with Gasteiger partial charge in [0.2, 0.25) is 5.91 Å². The Labute approximate surface area is 135 Å². The van der Waals surface area contributed by atoms with Crippen molar-refractivity contribution in [3.05, 3.63) is 71.0 Å². The second kappa shape index (κ2) is 7.37. The predicted molar refractivity (Wildman–Crippen MR) is 86.9 cm³/mol. The van der Waals surface area contributed by atoms with Crippen LogP contribution in [0.15, 0.2) is 48.5 Å². The zero-order valence-electron chi connectivity index (χ0n) is 12.8. The molecule has 2 aromatic rings. The van der Waals surface area contributed by atoms with Crippen LogP contribution >= 0.6 is 0 Å². The Hall–Kier alpha value is -2.21. The summed E-state index contributed by atoms with van der Waals surface area (Å²) < 4.78 is 37.0. The molecule has 0 aliphatic rings. The van der Waals surface area contributed by atoms with E-state index in [0.29, 0.717) is 11.1 Å². The summed E-state index contributed by atoms with van der Waals surface area (Å²) >= 11 is 0. The normalized spacial score (nSPS) is 11.2. The van der Waals surface area contributed by atoms with Gasteiger partial charge in [0.25, 0.3) is 0 Å². The van der Waals surface area contributed by atoms with Crippen LogP contribution in [0, 0.1) is 12.7 Å². The van der Waals surface area contributed by atoms with Crippen molar-refractivity contribution in [2.45, 2.75) is 19.2 Å². The van der Waals surface area contributed by atoms with E-state index in [1.807, 2.05) is 19.1 Å². The molecule has 0 spiro atoms. The first-order chi connectivity index (χ1) is 10.9. The molecule has 0 aliphatic carbocycles. The Bertz CT molecular complexity index is 786. The van der Waals surface area contributed by atoms with Gasteiger partial charge >= 0.3 is 0 Å². The standard InChI is InChI=1S/C17H18FNO3S/c1-13-4-2-3-5-15(13)11-23(21,22)12-17(20)19-10-14-6-8-16(18)9-7-14/h2-9H,10-12H2,1H3,(H,19,20). The number of hydrogen-bond donors (Lipinski definition) is 1. The van der Waals surface area contributed by atoms with Gasteiger partial charge in [0.1, 0.15) is 11.6 Å². The number of carbonyl (C=O) groups excluding carboxylic acids is 1. The third kappa shape index (κ3) is 5.49. The van der Waals surface area contributed by atoms with Gasteiger partial charge in [0.15, 0.2) is 9.84 Å².